The van der Waals surface area contributed by atoms with E-state index in [0.29, 0.717) is 12.2 Å². The maximum Gasteiger partial charge on any atom is 0.329 e. The van der Waals surface area contributed by atoms with Crippen LogP contribution in [0.3, 0.4) is 0 Å². The molecule has 1 aliphatic heterocycles. The van der Waals surface area contributed by atoms with E-state index in [1.54, 1.807) is 26.0 Å². The van der Waals surface area contributed by atoms with Crippen molar-refractivity contribution in [3.8, 4) is 5.75 Å². The quantitative estimate of drug-likeness (QED) is 0.829. The molecule has 0 fully saturated rings. The SMILES string of the molecule is CCC(C(=O)OC(C)C)N1C(=O)C(C(C)C)Oc2ccc(N)nc21. The third-order valence-corrected chi connectivity index (χ3v) is 3.75. The predicted molar refractivity (Wildman–Crippen MR) is 90.7 cm³/mol. The van der Waals surface area contributed by atoms with Gasteiger partial charge in [-0.3, -0.25) is 9.69 Å². The zero-order valence-corrected chi connectivity index (χ0v) is 14.8. The number of aromatic nitrogens is 1. The Hall–Kier alpha value is -2.31. The summed E-state index contributed by atoms with van der Waals surface area (Å²) in [7, 11) is 0. The van der Waals surface area contributed by atoms with Crippen molar-refractivity contribution in [1.29, 1.82) is 0 Å². The minimum Gasteiger partial charge on any atom is -0.476 e. The summed E-state index contributed by atoms with van der Waals surface area (Å²) >= 11 is 0. The lowest BCUT2D eigenvalue weighted by Crippen LogP contribution is -2.55. The van der Waals surface area contributed by atoms with Crippen LogP contribution in [0.25, 0.3) is 0 Å². The molecular formula is C17H25N3O4. The van der Waals surface area contributed by atoms with E-state index in [4.69, 9.17) is 15.2 Å². The second kappa shape index (κ2) is 7.07. The predicted octanol–water partition coefficient (Wildman–Crippen LogP) is 2.14. The van der Waals surface area contributed by atoms with Crippen LogP contribution in [-0.4, -0.2) is 35.1 Å². The molecule has 0 saturated carbocycles. The highest BCUT2D eigenvalue weighted by atomic mass is 16.5. The number of nitrogen functional groups attached to an aromatic ring is 1. The minimum absolute atomic E-state index is 0.0515. The third-order valence-electron chi connectivity index (χ3n) is 3.75. The normalized spacial score (nSPS) is 18.4. The number of nitrogens with two attached hydrogens (primary N) is 1. The fourth-order valence-corrected chi connectivity index (χ4v) is 2.63. The Bertz CT molecular complexity index is 630. The van der Waals surface area contributed by atoms with E-state index in [2.05, 4.69) is 4.98 Å². The number of amides is 1. The van der Waals surface area contributed by atoms with Gasteiger partial charge in [0.05, 0.1) is 6.10 Å². The molecule has 2 N–H and O–H groups in total. The number of nitrogens with zero attached hydrogens (tertiary/aromatic N) is 2. The van der Waals surface area contributed by atoms with Gasteiger partial charge in [-0.15, -0.1) is 0 Å². The number of pyridine rings is 1. The number of fused-ring (bicyclic) bond motifs is 1. The van der Waals surface area contributed by atoms with Crippen molar-refractivity contribution in [3.05, 3.63) is 12.1 Å². The average molecular weight is 335 g/mol. The van der Waals surface area contributed by atoms with Crippen molar-refractivity contribution in [2.75, 3.05) is 10.6 Å². The fourth-order valence-electron chi connectivity index (χ4n) is 2.63. The number of rotatable bonds is 5. The summed E-state index contributed by atoms with van der Waals surface area (Å²) in [5.41, 5.74) is 5.76. The first-order valence-electron chi connectivity index (χ1n) is 8.23. The summed E-state index contributed by atoms with van der Waals surface area (Å²) < 4.78 is 11.1. The molecule has 0 aromatic carbocycles. The molecule has 7 heteroatoms. The molecule has 7 nitrogen and oxygen atoms in total. The van der Waals surface area contributed by atoms with E-state index < -0.39 is 18.1 Å². The second-order valence-electron chi connectivity index (χ2n) is 6.46. The molecular weight excluding hydrogens is 310 g/mol. The highest BCUT2D eigenvalue weighted by molar-refractivity contribution is 6.04. The van der Waals surface area contributed by atoms with Crippen LogP contribution in [0.5, 0.6) is 5.75 Å². The molecule has 1 aromatic heterocycles. The molecule has 2 rings (SSSR count). The van der Waals surface area contributed by atoms with E-state index in [1.807, 2.05) is 20.8 Å². The van der Waals surface area contributed by atoms with E-state index >= 15 is 0 Å². The van der Waals surface area contributed by atoms with E-state index in [1.165, 1.54) is 4.90 Å². The van der Waals surface area contributed by atoms with Crippen molar-refractivity contribution in [3.63, 3.8) is 0 Å². The van der Waals surface area contributed by atoms with E-state index in [0.717, 1.165) is 0 Å². The van der Waals surface area contributed by atoms with Gasteiger partial charge in [-0.1, -0.05) is 20.8 Å². The Balaban J connectivity index is 2.49. The maximum atomic E-state index is 12.9. The van der Waals surface area contributed by atoms with Gasteiger partial charge in [0.2, 0.25) is 0 Å². The van der Waals surface area contributed by atoms with Crippen LogP contribution in [0.15, 0.2) is 12.1 Å². The number of hydrogen-bond donors (Lipinski definition) is 1. The average Bonchev–Trinajstić information content (AvgIpc) is 2.48. The van der Waals surface area contributed by atoms with Crippen LogP contribution in [-0.2, 0) is 14.3 Å². The van der Waals surface area contributed by atoms with E-state index in [-0.39, 0.29) is 29.6 Å². The maximum absolute atomic E-state index is 12.9. The number of hydrogen-bond acceptors (Lipinski definition) is 6. The molecule has 0 saturated heterocycles. The van der Waals surface area contributed by atoms with Gasteiger partial charge < -0.3 is 15.2 Å². The van der Waals surface area contributed by atoms with Gasteiger partial charge in [-0.05, 0) is 38.3 Å². The van der Waals surface area contributed by atoms with Crippen molar-refractivity contribution in [1.82, 2.24) is 4.98 Å². The molecule has 2 heterocycles. The first-order valence-corrected chi connectivity index (χ1v) is 8.23. The van der Waals surface area contributed by atoms with Crippen LogP contribution in [0.2, 0.25) is 0 Å². The number of esters is 1. The molecule has 1 amide bonds. The number of carbonyl (C=O) groups excluding carboxylic acids is 2. The zero-order valence-electron chi connectivity index (χ0n) is 14.8. The molecule has 0 spiro atoms. The second-order valence-corrected chi connectivity index (χ2v) is 6.46. The molecule has 1 aromatic rings. The highest BCUT2D eigenvalue weighted by Gasteiger charge is 2.43. The summed E-state index contributed by atoms with van der Waals surface area (Å²) in [5, 5.41) is 0. The monoisotopic (exact) mass is 335 g/mol. The summed E-state index contributed by atoms with van der Waals surface area (Å²) in [5.74, 6) is 0.154. The molecule has 1 aliphatic rings. The molecule has 132 valence electrons. The Morgan fingerprint density at radius 2 is 2.04 bits per heavy atom. The summed E-state index contributed by atoms with van der Waals surface area (Å²) in [6, 6.07) is 2.52. The van der Waals surface area contributed by atoms with Crippen LogP contribution in [0, 0.1) is 5.92 Å². The minimum atomic E-state index is -0.766. The van der Waals surface area contributed by atoms with Gasteiger partial charge in [-0.2, -0.15) is 0 Å². The molecule has 0 radical (unpaired) electrons. The van der Waals surface area contributed by atoms with Crippen molar-refractivity contribution in [2.24, 2.45) is 5.92 Å². The Morgan fingerprint density at radius 3 is 2.58 bits per heavy atom. The smallest absolute Gasteiger partial charge is 0.329 e. The fraction of sp³-hybridized carbons (Fsp3) is 0.588. The largest absolute Gasteiger partial charge is 0.476 e. The van der Waals surface area contributed by atoms with Gasteiger partial charge >= 0.3 is 5.97 Å². The first-order chi connectivity index (χ1) is 11.3. The molecule has 2 unspecified atom stereocenters. The van der Waals surface area contributed by atoms with Crippen LogP contribution in [0.1, 0.15) is 41.0 Å². The van der Waals surface area contributed by atoms with Gasteiger partial charge in [0, 0.05) is 0 Å². The number of carbonyl (C=O) groups is 2. The molecule has 0 aliphatic carbocycles. The van der Waals surface area contributed by atoms with Crippen LogP contribution >= 0.6 is 0 Å². The van der Waals surface area contributed by atoms with Crippen LogP contribution < -0.4 is 15.4 Å². The summed E-state index contributed by atoms with van der Waals surface area (Å²) in [6.45, 7) is 9.15. The lowest BCUT2D eigenvalue weighted by Gasteiger charge is -2.38. The number of ether oxygens (including phenoxy) is 2. The third kappa shape index (κ3) is 3.44. The topological polar surface area (TPSA) is 94.8 Å². The summed E-state index contributed by atoms with van der Waals surface area (Å²) in [6.07, 6.45) is -0.543. The zero-order chi connectivity index (χ0) is 18.0. The standard InChI is InChI=1S/C17H25N3O4/c1-6-11(17(22)23-10(4)5)20-15-12(7-8-13(18)19-15)24-14(9(2)3)16(20)21/h7-11,14H,6H2,1-5H3,(H2,18,19). The number of anilines is 2. The Kier molecular flexibility index (Phi) is 5.31. The van der Waals surface area contributed by atoms with Gasteiger partial charge in [0.1, 0.15) is 11.9 Å². The van der Waals surface area contributed by atoms with Crippen molar-refractivity contribution in [2.45, 2.75) is 59.3 Å². The van der Waals surface area contributed by atoms with Gasteiger partial charge in [0.25, 0.3) is 5.91 Å². The molecule has 24 heavy (non-hydrogen) atoms. The van der Waals surface area contributed by atoms with E-state index in [9.17, 15) is 9.59 Å². The van der Waals surface area contributed by atoms with Gasteiger partial charge in [-0.25, -0.2) is 9.78 Å². The Morgan fingerprint density at radius 1 is 1.38 bits per heavy atom. The highest BCUT2D eigenvalue weighted by Crippen LogP contribution is 2.36. The van der Waals surface area contributed by atoms with Crippen LogP contribution in [0.4, 0.5) is 11.6 Å². The first kappa shape index (κ1) is 18.0. The van der Waals surface area contributed by atoms with Crippen molar-refractivity contribution >= 4 is 23.5 Å². The lowest BCUT2D eigenvalue weighted by molar-refractivity contribution is -0.151. The Labute approximate surface area is 142 Å². The summed E-state index contributed by atoms with van der Waals surface area (Å²) in [4.78, 5) is 31.0. The molecule has 2 atom stereocenters. The molecule has 0 bridgehead atoms. The van der Waals surface area contributed by atoms with Gasteiger partial charge in [0.15, 0.2) is 17.7 Å². The lowest BCUT2D eigenvalue weighted by atomic mass is 10.0. The van der Waals surface area contributed by atoms with Crippen molar-refractivity contribution < 1.29 is 19.1 Å².